The third kappa shape index (κ3) is 2.11. The topological polar surface area (TPSA) is 43.5 Å². The Hall–Kier alpha value is -2.10. The molecule has 0 saturated heterocycles. The molecule has 1 heterocycles. The number of carbonyl (C=O) groups excluding carboxylic acids is 1. The minimum absolute atomic E-state index is 0.505. The van der Waals surface area contributed by atoms with Crippen LogP contribution in [-0.4, -0.2) is 18.0 Å². The maximum Gasteiger partial charge on any atom is 0.566 e. The van der Waals surface area contributed by atoms with E-state index in [1.165, 1.54) is 0 Å². The number of pyridine rings is 1. The summed E-state index contributed by atoms with van der Waals surface area (Å²) in [7, 11) is 1.05. The number of nitrogens with zero attached hydrogens (tertiary/aromatic N) is 2. The van der Waals surface area contributed by atoms with Crippen LogP contribution in [0.25, 0.3) is 4.85 Å². The van der Waals surface area contributed by atoms with Gasteiger partial charge in [0.1, 0.15) is 11.3 Å². The predicted octanol–water partition coefficient (Wildman–Crippen LogP) is 2.21. The van der Waals surface area contributed by atoms with Crippen LogP contribution in [0.15, 0.2) is 12.3 Å². The van der Waals surface area contributed by atoms with E-state index in [2.05, 4.69) is 21.1 Å². The van der Waals surface area contributed by atoms with E-state index in [0.29, 0.717) is 0 Å². The monoisotopic (exact) mass is 231 g/mol. The van der Waals surface area contributed by atoms with Gasteiger partial charge in [0.05, 0.1) is 7.11 Å². The molecule has 4 nitrogen and oxygen atoms in total. The first-order chi connectivity index (χ1) is 7.41. The smallest absolute Gasteiger partial charge is 0.496 e. The molecule has 0 aliphatic heterocycles. The highest BCUT2D eigenvalue weighted by Gasteiger charge is 2.42. The number of amides is 1. The molecule has 7 heteroatoms. The van der Waals surface area contributed by atoms with Crippen LogP contribution in [0.2, 0.25) is 0 Å². The normalized spacial score (nSPS) is 10.7. The fraction of sp³-hybridized carbons (Fsp3) is 0.222. The molecule has 0 aliphatic carbocycles. The van der Waals surface area contributed by atoms with E-state index in [4.69, 9.17) is 0 Å². The lowest BCUT2D eigenvalue weighted by Gasteiger charge is -2.11. The minimum atomic E-state index is -4.77. The van der Waals surface area contributed by atoms with E-state index in [9.17, 15) is 18.0 Å². The maximum atomic E-state index is 12.6. The summed E-state index contributed by atoms with van der Waals surface area (Å²) in [6, 6.07) is 0.996. The molecule has 0 unspecified atom stereocenters. The molecular formula is C9H6F3N2O2+. The summed E-state index contributed by atoms with van der Waals surface area (Å²) in [6.07, 6.45) is -3.76. The fourth-order valence-electron chi connectivity index (χ4n) is 1.11. The van der Waals surface area contributed by atoms with Gasteiger partial charge < -0.3 is 4.74 Å². The van der Waals surface area contributed by atoms with Gasteiger partial charge in [-0.25, -0.2) is 4.98 Å². The number of methoxy groups -OCH3 is 1. The van der Waals surface area contributed by atoms with Crippen molar-refractivity contribution >= 4 is 5.91 Å². The molecule has 0 radical (unpaired) electrons. The van der Waals surface area contributed by atoms with E-state index in [0.717, 1.165) is 19.4 Å². The molecule has 0 aromatic carbocycles. The Morgan fingerprint density at radius 2 is 2.19 bits per heavy atom. The molecule has 0 spiro atoms. The van der Waals surface area contributed by atoms with E-state index < -0.39 is 29.1 Å². The highest BCUT2D eigenvalue weighted by molar-refractivity contribution is 6.02. The van der Waals surface area contributed by atoms with Crippen molar-refractivity contribution in [3.05, 3.63) is 28.4 Å². The molecule has 16 heavy (non-hydrogen) atoms. The average Bonchev–Trinajstić information content (AvgIpc) is 2.25. The zero-order chi connectivity index (χ0) is 12.3. The molecule has 0 bridgehead atoms. The van der Waals surface area contributed by atoms with Crippen LogP contribution in [0, 0.1) is 6.57 Å². The fourth-order valence-corrected chi connectivity index (χ4v) is 1.11. The number of rotatable bonds is 2. The summed E-state index contributed by atoms with van der Waals surface area (Å²) < 4.78 is 42.4. The molecule has 1 aromatic heterocycles. The third-order valence-electron chi connectivity index (χ3n) is 1.74. The Kier molecular flexibility index (Phi) is 3.13. The number of alkyl halides is 3. The van der Waals surface area contributed by atoms with Crippen molar-refractivity contribution in [3.8, 4) is 12.3 Å². The number of ether oxygens (including phenoxy) is 1. The van der Waals surface area contributed by atoms with Gasteiger partial charge in [-0.3, -0.25) is 0 Å². The molecule has 1 rings (SSSR count). The van der Waals surface area contributed by atoms with Crippen molar-refractivity contribution in [1.82, 2.24) is 4.98 Å². The minimum Gasteiger partial charge on any atom is -0.496 e. The largest absolute Gasteiger partial charge is 0.566 e. The molecule has 0 saturated carbocycles. The first-order valence-corrected chi connectivity index (χ1v) is 3.97. The van der Waals surface area contributed by atoms with Crippen LogP contribution in [0.1, 0.15) is 16.1 Å². The lowest BCUT2D eigenvalue weighted by molar-refractivity contribution is -0.139. The molecule has 0 aliphatic rings. The summed E-state index contributed by atoms with van der Waals surface area (Å²) >= 11 is 0. The average molecular weight is 231 g/mol. The third-order valence-corrected chi connectivity index (χ3v) is 1.74. The highest BCUT2D eigenvalue weighted by Crippen LogP contribution is 2.37. The molecule has 0 N–H and O–H groups in total. The first kappa shape index (κ1) is 12.0. The van der Waals surface area contributed by atoms with Crippen molar-refractivity contribution in [2.45, 2.75) is 6.18 Å². The van der Waals surface area contributed by atoms with Crippen LogP contribution in [0.4, 0.5) is 13.2 Å². The van der Waals surface area contributed by atoms with E-state index in [1.54, 1.807) is 0 Å². The molecule has 0 fully saturated rings. The van der Waals surface area contributed by atoms with Crippen LogP contribution in [0.5, 0.6) is 5.75 Å². The van der Waals surface area contributed by atoms with Gasteiger partial charge in [-0.2, -0.15) is 18.0 Å². The quantitative estimate of drug-likeness (QED) is 0.783. The highest BCUT2D eigenvalue weighted by atomic mass is 19.4. The molecule has 84 valence electrons. The molecular weight excluding hydrogens is 225 g/mol. The maximum absolute atomic E-state index is 12.6. The second-order valence-electron chi connectivity index (χ2n) is 2.67. The lowest BCUT2D eigenvalue weighted by Crippen LogP contribution is -2.15. The van der Waals surface area contributed by atoms with Gasteiger partial charge in [0, 0.05) is 11.0 Å². The summed E-state index contributed by atoms with van der Waals surface area (Å²) in [5.74, 6) is -1.76. The van der Waals surface area contributed by atoms with Crippen LogP contribution in [0.3, 0.4) is 0 Å². The molecule has 1 aromatic rings. The van der Waals surface area contributed by atoms with E-state index >= 15 is 0 Å². The van der Waals surface area contributed by atoms with Crippen LogP contribution in [-0.2, 0) is 6.18 Å². The lowest BCUT2D eigenvalue weighted by atomic mass is 10.1. The van der Waals surface area contributed by atoms with E-state index in [-0.39, 0.29) is 0 Å². The summed E-state index contributed by atoms with van der Waals surface area (Å²) in [4.78, 5) is 17.0. The van der Waals surface area contributed by atoms with Crippen molar-refractivity contribution < 1.29 is 22.7 Å². The summed E-state index contributed by atoms with van der Waals surface area (Å²) in [6.45, 7) is 4.64. The number of halogens is 3. The Labute approximate surface area is 88.5 Å². The van der Waals surface area contributed by atoms with Crippen molar-refractivity contribution in [1.29, 1.82) is 0 Å². The van der Waals surface area contributed by atoms with Gasteiger partial charge in [0.2, 0.25) is 5.69 Å². The van der Waals surface area contributed by atoms with Gasteiger partial charge in [-0.05, 0) is 6.07 Å². The zero-order valence-corrected chi connectivity index (χ0v) is 8.08. The standard InChI is InChI=1S/C9H6F3N2O2/c1-13-8(15)7-6(9(10,11)12)5(16-2)3-4-14-7/h1,3-4H,2H3/q+1. The number of aromatic nitrogens is 1. The van der Waals surface area contributed by atoms with Gasteiger partial charge in [0.25, 0.3) is 6.57 Å². The van der Waals surface area contributed by atoms with E-state index in [1.807, 2.05) is 0 Å². The Morgan fingerprint density at radius 3 is 2.62 bits per heavy atom. The van der Waals surface area contributed by atoms with Gasteiger partial charge in [-0.15, -0.1) is 0 Å². The van der Waals surface area contributed by atoms with Crippen molar-refractivity contribution in [2.24, 2.45) is 0 Å². The SMILES string of the molecule is C#[N+]C(=O)c1nccc(OC)c1C(F)(F)F. The molecule has 0 atom stereocenters. The Morgan fingerprint density at radius 1 is 1.56 bits per heavy atom. The molecule has 1 amide bonds. The van der Waals surface area contributed by atoms with Gasteiger partial charge in [0.15, 0.2) is 0 Å². The first-order valence-electron chi connectivity index (χ1n) is 3.97. The van der Waals surface area contributed by atoms with Crippen LogP contribution < -0.4 is 4.74 Å². The summed E-state index contributed by atoms with van der Waals surface area (Å²) in [5.41, 5.74) is -2.16. The number of hydrogen-bond acceptors (Lipinski definition) is 3. The Balaban J connectivity index is 3.52. The van der Waals surface area contributed by atoms with Crippen LogP contribution >= 0.6 is 0 Å². The number of carbonyl (C=O) groups is 1. The predicted molar refractivity (Wildman–Crippen MR) is 48.4 cm³/mol. The summed E-state index contributed by atoms with van der Waals surface area (Å²) in [5, 5.41) is 0. The second kappa shape index (κ2) is 4.18. The van der Waals surface area contributed by atoms with Gasteiger partial charge >= 0.3 is 12.1 Å². The number of hydrogen-bond donors (Lipinski definition) is 0. The van der Waals surface area contributed by atoms with Crippen molar-refractivity contribution in [3.63, 3.8) is 0 Å². The zero-order valence-electron chi connectivity index (χ0n) is 8.08. The Bertz CT molecular complexity index is 463. The second-order valence-corrected chi connectivity index (χ2v) is 2.67. The van der Waals surface area contributed by atoms with Crippen molar-refractivity contribution in [2.75, 3.05) is 7.11 Å². The van der Waals surface area contributed by atoms with Gasteiger partial charge in [-0.1, -0.05) is 0 Å².